The average molecular weight is 313 g/mol. The Balaban J connectivity index is 1.47. The first kappa shape index (κ1) is 15.5. The summed E-state index contributed by atoms with van der Waals surface area (Å²) in [7, 11) is 0. The van der Waals surface area contributed by atoms with Crippen LogP contribution in [0.3, 0.4) is 0 Å². The minimum Gasteiger partial charge on any atom is -0.336 e. The van der Waals surface area contributed by atoms with Crippen LogP contribution in [0.25, 0.3) is 11.3 Å². The van der Waals surface area contributed by atoms with E-state index in [0.29, 0.717) is 13.1 Å². The van der Waals surface area contributed by atoms with Gasteiger partial charge in [-0.05, 0) is 12.8 Å². The second-order valence-corrected chi connectivity index (χ2v) is 5.87. The van der Waals surface area contributed by atoms with Gasteiger partial charge in [-0.2, -0.15) is 0 Å². The Morgan fingerprint density at radius 1 is 1.09 bits per heavy atom. The standard InChI is InChI=1S/C17H23N5O/c23-17(21-11-6-1-2-7-12-21)18-10-13-22-14-16(19-20-22)15-8-4-3-5-9-15/h3-5,8-9,14H,1-2,6-7,10-13H2,(H,18,23). The van der Waals surface area contributed by atoms with Crippen molar-refractivity contribution in [3.05, 3.63) is 36.5 Å². The number of amides is 2. The molecule has 1 saturated heterocycles. The molecule has 1 aromatic heterocycles. The molecular weight excluding hydrogens is 290 g/mol. The van der Waals surface area contributed by atoms with Gasteiger partial charge < -0.3 is 10.2 Å². The van der Waals surface area contributed by atoms with Crippen LogP contribution in [0.1, 0.15) is 25.7 Å². The number of hydrogen-bond acceptors (Lipinski definition) is 3. The molecule has 1 fully saturated rings. The van der Waals surface area contributed by atoms with Gasteiger partial charge in [0.05, 0.1) is 12.7 Å². The Kier molecular flexibility index (Phi) is 5.24. The summed E-state index contributed by atoms with van der Waals surface area (Å²) in [6.45, 7) is 2.92. The lowest BCUT2D eigenvalue weighted by atomic mass is 10.2. The van der Waals surface area contributed by atoms with Crippen LogP contribution in [0, 0.1) is 0 Å². The van der Waals surface area contributed by atoms with E-state index in [0.717, 1.165) is 37.2 Å². The Morgan fingerprint density at radius 2 is 1.83 bits per heavy atom. The smallest absolute Gasteiger partial charge is 0.317 e. The zero-order valence-corrected chi connectivity index (χ0v) is 13.3. The second-order valence-electron chi connectivity index (χ2n) is 5.87. The number of aromatic nitrogens is 3. The van der Waals surface area contributed by atoms with Gasteiger partial charge in [0.25, 0.3) is 0 Å². The zero-order valence-electron chi connectivity index (χ0n) is 13.3. The molecule has 1 aromatic carbocycles. The maximum absolute atomic E-state index is 12.1. The Bertz CT molecular complexity index is 617. The molecule has 2 amide bonds. The van der Waals surface area contributed by atoms with Crippen molar-refractivity contribution < 1.29 is 4.79 Å². The van der Waals surface area contributed by atoms with E-state index in [-0.39, 0.29) is 6.03 Å². The summed E-state index contributed by atoms with van der Waals surface area (Å²) < 4.78 is 1.77. The number of nitrogens with zero attached hydrogens (tertiary/aromatic N) is 4. The molecule has 122 valence electrons. The van der Waals surface area contributed by atoms with Gasteiger partial charge in [-0.15, -0.1) is 5.10 Å². The zero-order chi connectivity index (χ0) is 15.9. The molecule has 0 saturated carbocycles. The molecule has 0 atom stereocenters. The minimum absolute atomic E-state index is 0.0373. The number of nitrogens with one attached hydrogen (secondary N) is 1. The van der Waals surface area contributed by atoms with E-state index in [1.807, 2.05) is 41.4 Å². The first-order valence-corrected chi connectivity index (χ1v) is 8.31. The van der Waals surface area contributed by atoms with E-state index in [1.54, 1.807) is 4.68 Å². The van der Waals surface area contributed by atoms with Gasteiger partial charge in [0.2, 0.25) is 0 Å². The molecule has 2 heterocycles. The van der Waals surface area contributed by atoms with Crippen LogP contribution in [0.4, 0.5) is 4.79 Å². The quantitative estimate of drug-likeness (QED) is 0.943. The van der Waals surface area contributed by atoms with E-state index < -0.39 is 0 Å². The highest BCUT2D eigenvalue weighted by Crippen LogP contribution is 2.14. The topological polar surface area (TPSA) is 63.1 Å². The Hall–Kier alpha value is -2.37. The molecule has 6 nitrogen and oxygen atoms in total. The van der Waals surface area contributed by atoms with Crippen molar-refractivity contribution >= 4 is 6.03 Å². The van der Waals surface area contributed by atoms with Gasteiger partial charge in [0.15, 0.2) is 0 Å². The summed E-state index contributed by atoms with van der Waals surface area (Å²) in [5, 5.41) is 11.3. The van der Waals surface area contributed by atoms with E-state index in [1.165, 1.54) is 12.8 Å². The molecular formula is C17H23N5O. The number of benzene rings is 1. The van der Waals surface area contributed by atoms with Gasteiger partial charge in [-0.25, -0.2) is 4.79 Å². The van der Waals surface area contributed by atoms with Crippen LogP contribution in [0.15, 0.2) is 36.5 Å². The highest BCUT2D eigenvalue weighted by molar-refractivity contribution is 5.74. The molecule has 0 unspecified atom stereocenters. The fourth-order valence-corrected chi connectivity index (χ4v) is 2.81. The molecule has 2 aromatic rings. The monoisotopic (exact) mass is 313 g/mol. The van der Waals surface area contributed by atoms with Gasteiger partial charge >= 0.3 is 6.03 Å². The molecule has 6 heteroatoms. The molecule has 1 aliphatic heterocycles. The summed E-state index contributed by atoms with van der Waals surface area (Å²) >= 11 is 0. The predicted molar refractivity (Wildman–Crippen MR) is 88.9 cm³/mol. The van der Waals surface area contributed by atoms with Crippen molar-refractivity contribution in [3.8, 4) is 11.3 Å². The molecule has 1 aliphatic rings. The fraction of sp³-hybridized carbons (Fsp3) is 0.471. The van der Waals surface area contributed by atoms with Crippen molar-refractivity contribution in [1.82, 2.24) is 25.2 Å². The Labute approximate surface area is 136 Å². The van der Waals surface area contributed by atoms with Gasteiger partial charge in [-0.3, -0.25) is 4.68 Å². The average Bonchev–Trinajstić information content (AvgIpc) is 2.89. The second kappa shape index (κ2) is 7.76. The highest BCUT2D eigenvalue weighted by Gasteiger charge is 2.14. The first-order valence-electron chi connectivity index (χ1n) is 8.31. The third-order valence-corrected chi connectivity index (χ3v) is 4.12. The summed E-state index contributed by atoms with van der Waals surface area (Å²) in [4.78, 5) is 14.1. The van der Waals surface area contributed by atoms with Crippen LogP contribution in [-0.2, 0) is 6.54 Å². The summed E-state index contributed by atoms with van der Waals surface area (Å²) in [5.41, 5.74) is 1.90. The molecule has 0 bridgehead atoms. The number of urea groups is 1. The van der Waals surface area contributed by atoms with Crippen LogP contribution in [0.2, 0.25) is 0 Å². The molecule has 0 aliphatic carbocycles. The maximum Gasteiger partial charge on any atom is 0.317 e. The van der Waals surface area contributed by atoms with Crippen LogP contribution < -0.4 is 5.32 Å². The lowest BCUT2D eigenvalue weighted by Crippen LogP contribution is -2.41. The highest BCUT2D eigenvalue weighted by atomic mass is 16.2. The SMILES string of the molecule is O=C(NCCn1cc(-c2ccccc2)nn1)N1CCCCCC1. The van der Waals surface area contributed by atoms with E-state index >= 15 is 0 Å². The normalized spacial score (nSPS) is 15.2. The fourth-order valence-electron chi connectivity index (χ4n) is 2.81. The molecule has 1 N–H and O–H groups in total. The van der Waals surface area contributed by atoms with Crippen molar-refractivity contribution in [2.24, 2.45) is 0 Å². The van der Waals surface area contributed by atoms with Gasteiger partial charge in [0, 0.05) is 25.2 Å². The summed E-state index contributed by atoms with van der Waals surface area (Å²) in [6.07, 6.45) is 6.58. The molecule has 23 heavy (non-hydrogen) atoms. The lowest BCUT2D eigenvalue weighted by Gasteiger charge is -2.20. The van der Waals surface area contributed by atoms with Crippen LogP contribution in [0.5, 0.6) is 0 Å². The van der Waals surface area contributed by atoms with E-state index in [4.69, 9.17) is 0 Å². The number of carbonyl (C=O) groups excluding carboxylic acids is 1. The lowest BCUT2D eigenvalue weighted by molar-refractivity contribution is 0.199. The molecule has 3 rings (SSSR count). The summed E-state index contributed by atoms with van der Waals surface area (Å²) in [5.74, 6) is 0. The largest absolute Gasteiger partial charge is 0.336 e. The van der Waals surface area contributed by atoms with Crippen molar-refractivity contribution in [2.45, 2.75) is 32.2 Å². The third kappa shape index (κ3) is 4.31. The van der Waals surface area contributed by atoms with Crippen LogP contribution in [-0.4, -0.2) is 45.6 Å². The van der Waals surface area contributed by atoms with Gasteiger partial charge in [-0.1, -0.05) is 48.4 Å². The summed E-state index contributed by atoms with van der Waals surface area (Å²) in [6, 6.07) is 10.00. The number of rotatable bonds is 4. The number of hydrogen-bond donors (Lipinski definition) is 1. The minimum atomic E-state index is 0.0373. The van der Waals surface area contributed by atoms with Crippen molar-refractivity contribution in [3.63, 3.8) is 0 Å². The first-order chi connectivity index (χ1) is 11.3. The predicted octanol–water partition coefficient (Wildman–Crippen LogP) is 2.53. The third-order valence-electron chi connectivity index (χ3n) is 4.12. The number of likely N-dealkylation sites (tertiary alicyclic amines) is 1. The Morgan fingerprint density at radius 3 is 2.57 bits per heavy atom. The van der Waals surface area contributed by atoms with E-state index in [2.05, 4.69) is 15.6 Å². The molecule has 0 radical (unpaired) electrons. The van der Waals surface area contributed by atoms with E-state index in [9.17, 15) is 4.79 Å². The van der Waals surface area contributed by atoms with Crippen LogP contribution >= 0.6 is 0 Å². The maximum atomic E-state index is 12.1. The van der Waals surface area contributed by atoms with Gasteiger partial charge in [0.1, 0.15) is 5.69 Å². The molecule has 0 spiro atoms. The van der Waals surface area contributed by atoms with Crippen molar-refractivity contribution in [1.29, 1.82) is 0 Å². The van der Waals surface area contributed by atoms with Crippen molar-refractivity contribution in [2.75, 3.05) is 19.6 Å². The number of carbonyl (C=O) groups is 1.